The van der Waals surface area contributed by atoms with Gasteiger partial charge in [0.2, 0.25) is 0 Å². The summed E-state index contributed by atoms with van der Waals surface area (Å²) in [6.45, 7) is 0. The van der Waals surface area contributed by atoms with Crippen molar-refractivity contribution in [2.24, 2.45) is 0 Å². The summed E-state index contributed by atoms with van der Waals surface area (Å²) < 4.78 is 1.59. The van der Waals surface area contributed by atoms with Gasteiger partial charge >= 0.3 is 158 Å². The number of rotatable bonds is 4. The molecule has 3 heteroatoms. The zero-order chi connectivity index (χ0) is 28.6. The Balaban J connectivity index is 0.000000184. The molecule has 0 saturated carbocycles. The minimum atomic E-state index is 0. The molecular formula is C41H32Cl2Zr-2. The van der Waals surface area contributed by atoms with Crippen molar-refractivity contribution in [3.05, 3.63) is 180 Å². The van der Waals surface area contributed by atoms with Crippen molar-refractivity contribution in [1.82, 2.24) is 0 Å². The molecule has 0 saturated heterocycles. The average molecular weight is 687 g/mol. The Morgan fingerprint density at radius 3 is 1.77 bits per heavy atom. The van der Waals surface area contributed by atoms with Crippen LogP contribution in [-0.2, 0) is 43.5 Å². The number of hydrogen-bond donors (Lipinski definition) is 0. The van der Waals surface area contributed by atoms with Gasteiger partial charge in [-0.15, -0.1) is 12.0 Å². The fourth-order valence-electron chi connectivity index (χ4n) is 5.75. The van der Waals surface area contributed by atoms with Gasteiger partial charge in [0.15, 0.2) is 0 Å². The minimum Gasteiger partial charge on any atom is -0.179 e. The molecule has 8 rings (SSSR count). The third-order valence-corrected chi connectivity index (χ3v) is 8.64. The molecule has 0 nitrogen and oxygen atoms in total. The predicted molar refractivity (Wildman–Crippen MR) is 175 cm³/mol. The fourth-order valence-corrected chi connectivity index (χ4v) is 6.69. The van der Waals surface area contributed by atoms with Crippen molar-refractivity contribution in [3.8, 4) is 11.1 Å². The molecule has 216 valence electrons. The van der Waals surface area contributed by atoms with E-state index in [9.17, 15) is 0 Å². The Kier molecular flexibility index (Phi) is 12.7. The first-order valence-corrected chi connectivity index (χ1v) is 15.8. The Bertz CT molecular complexity index is 1770. The van der Waals surface area contributed by atoms with E-state index in [1.165, 1.54) is 79.2 Å². The van der Waals surface area contributed by atoms with Crippen molar-refractivity contribution in [3.63, 3.8) is 0 Å². The second-order valence-electron chi connectivity index (χ2n) is 10.6. The second kappa shape index (κ2) is 16.6. The van der Waals surface area contributed by atoms with Crippen molar-refractivity contribution < 1.29 is 49.0 Å². The van der Waals surface area contributed by atoms with Gasteiger partial charge in [0, 0.05) is 0 Å². The molecule has 6 aromatic carbocycles. The zero-order valence-corrected chi connectivity index (χ0v) is 28.4. The van der Waals surface area contributed by atoms with Crippen LogP contribution in [0.3, 0.4) is 0 Å². The molecule has 2 aliphatic rings. The molecule has 0 amide bonds. The van der Waals surface area contributed by atoms with Gasteiger partial charge in [-0.05, 0) is 6.42 Å². The first-order valence-electron chi connectivity index (χ1n) is 14.6. The summed E-state index contributed by atoms with van der Waals surface area (Å²) >= 11 is 1.53. The van der Waals surface area contributed by atoms with E-state index in [4.69, 9.17) is 0 Å². The van der Waals surface area contributed by atoms with E-state index in [1.807, 2.05) is 18.2 Å². The Morgan fingerprint density at radius 2 is 1.18 bits per heavy atom. The molecule has 0 atom stereocenters. The summed E-state index contributed by atoms with van der Waals surface area (Å²) in [6.07, 6.45) is 13.2. The summed E-state index contributed by atoms with van der Waals surface area (Å²) in [5.41, 5.74) is 8.40. The first-order chi connectivity index (χ1) is 20.8. The van der Waals surface area contributed by atoms with E-state index in [-0.39, 0.29) is 24.8 Å². The van der Waals surface area contributed by atoms with E-state index < -0.39 is 0 Å². The van der Waals surface area contributed by atoms with Crippen LogP contribution in [0.2, 0.25) is 0 Å². The van der Waals surface area contributed by atoms with E-state index in [1.54, 1.807) is 3.21 Å². The molecule has 2 aliphatic carbocycles. The standard InChI is InChI=1S/C23H18.C13H9.C5H5.2ClH.Zr/c1-3-16-22-18(8-1)10-5-12-20(22)14-7-15-21-13-6-11-19-9-2-4-17-23(19)21;1-3-7-12-10(5-1)9-11-6-2-4-8-13(11)12;1-2-4-5-3-1;;;/h1-6,8-13,16-17H,14-15H2;1-5,7-8H,9H2;1-3H,4H2;2*1H;/q;2*-1;;;+2/p-2. The van der Waals surface area contributed by atoms with Crippen LogP contribution in [0.4, 0.5) is 0 Å². The van der Waals surface area contributed by atoms with Crippen LogP contribution < -0.4 is 24.8 Å². The van der Waals surface area contributed by atoms with Gasteiger partial charge in [-0.2, -0.15) is 35.9 Å². The van der Waals surface area contributed by atoms with Crippen molar-refractivity contribution >= 4 is 24.8 Å². The van der Waals surface area contributed by atoms with Crippen LogP contribution in [0.15, 0.2) is 146 Å². The second-order valence-corrected chi connectivity index (χ2v) is 12.4. The van der Waals surface area contributed by atoms with Gasteiger partial charge in [0.25, 0.3) is 0 Å². The Hall–Kier alpha value is -3.35. The van der Waals surface area contributed by atoms with Crippen molar-refractivity contribution in [2.45, 2.75) is 25.7 Å². The molecule has 0 radical (unpaired) electrons. The van der Waals surface area contributed by atoms with Gasteiger partial charge in [-0.25, -0.2) is 12.2 Å². The van der Waals surface area contributed by atoms with Gasteiger partial charge in [0.05, 0.1) is 0 Å². The van der Waals surface area contributed by atoms with Crippen LogP contribution in [0.1, 0.15) is 28.7 Å². The molecule has 6 aromatic rings. The van der Waals surface area contributed by atoms with E-state index in [2.05, 4.69) is 140 Å². The van der Waals surface area contributed by atoms with E-state index in [0.717, 1.165) is 25.7 Å². The summed E-state index contributed by atoms with van der Waals surface area (Å²) in [5.74, 6) is 0. The van der Waals surface area contributed by atoms with Crippen LogP contribution in [0.25, 0.3) is 32.7 Å². The van der Waals surface area contributed by atoms with Gasteiger partial charge in [-0.1, -0.05) is 35.4 Å². The molecule has 0 heterocycles. The maximum atomic E-state index is 3.30. The zero-order valence-electron chi connectivity index (χ0n) is 24.4. The number of halogens is 2. The molecular weight excluding hydrogens is 655 g/mol. The number of benzene rings is 6. The molecule has 0 bridgehead atoms. The molecule has 0 aromatic heterocycles. The summed E-state index contributed by atoms with van der Waals surface area (Å²) in [4.78, 5) is 0. The Morgan fingerprint density at radius 1 is 0.614 bits per heavy atom. The molecule has 0 spiro atoms. The SMILES string of the molecule is [C-]1=CC=CC1.[Cl-].[Cl-].[Zr+2]=[C](Cc1cccc2ccccc12)Cc1cccc2ccccc12.[c-]1cccc2c1Cc1ccccc1-2. The van der Waals surface area contributed by atoms with Crippen LogP contribution in [0, 0.1) is 12.1 Å². The van der Waals surface area contributed by atoms with Gasteiger partial charge < -0.3 is 24.8 Å². The monoisotopic (exact) mass is 684 g/mol. The normalized spacial score (nSPS) is 11.7. The van der Waals surface area contributed by atoms with Crippen LogP contribution in [0.5, 0.6) is 0 Å². The third-order valence-electron chi connectivity index (χ3n) is 7.77. The molecule has 0 unspecified atom stereocenters. The maximum Gasteiger partial charge on any atom is -0.0253 e. The van der Waals surface area contributed by atoms with Gasteiger partial charge in [0.1, 0.15) is 0 Å². The first kappa shape index (κ1) is 33.5. The molecule has 44 heavy (non-hydrogen) atoms. The van der Waals surface area contributed by atoms with Crippen LogP contribution in [-0.4, -0.2) is 3.21 Å². The summed E-state index contributed by atoms with van der Waals surface area (Å²) in [6, 6.07) is 48.8. The quantitative estimate of drug-likeness (QED) is 0.247. The van der Waals surface area contributed by atoms with Crippen molar-refractivity contribution in [1.29, 1.82) is 0 Å². The number of allylic oxidation sites excluding steroid dienone is 4. The predicted octanol–water partition coefficient (Wildman–Crippen LogP) is 3.87. The summed E-state index contributed by atoms with van der Waals surface area (Å²) in [5, 5.41) is 5.45. The third kappa shape index (κ3) is 8.22. The number of fused-ring (bicyclic) bond motifs is 5. The van der Waals surface area contributed by atoms with Gasteiger partial charge in [-0.3, -0.25) is 6.08 Å². The maximum absolute atomic E-state index is 3.30. The topological polar surface area (TPSA) is 0 Å². The Labute approximate surface area is 288 Å². The van der Waals surface area contributed by atoms with E-state index >= 15 is 0 Å². The smallest absolute Gasteiger partial charge is 0.0253 e. The summed E-state index contributed by atoms with van der Waals surface area (Å²) in [7, 11) is 0. The largest absolute Gasteiger partial charge is 0.179 e. The molecule has 0 aliphatic heterocycles. The van der Waals surface area contributed by atoms with Crippen molar-refractivity contribution in [2.75, 3.05) is 0 Å². The average Bonchev–Trinajstić information content (AvgIpc) is 3.74. The fraction of sp³-hybridized carbons (Fsp3) is 0.0976. The number of hydrogen-bond acceptors (Lipinski definition) is 0. The molecule has 0 N–H and O–H groups in total. The molecule has 0 fully saturated rings. The van der Waals surface area contributed by atoms with E-state index in [0.29, 0.717) is 0 Å². The van der Waals surface area contributed by atoms with Crippen LogP contribution >= 0.6 is 0 Å². The minimum absolute atomic E-state index is 0.